The Morgan fingerprint density at radius 3 is 2.75 bits per heavy atom. The van der Waals surface area contributed by atoms with E-state index in [2.05, 4.69) is 62.9 Å². The number of methoxy groups -OCH3 is 2. The SMILES string of the molecule is COCCCN1CCOc2ccc(CO[C@H]3CN[C@@H](CC(C)n4nnc(C)n4)C[C@@H]3c3ccc(OC)cc3)cc21. The van der Waals surface area contributed by atoms with Gasteiger partial charge in [-0.3, -0.25) is 0 Å². The molecule has 3 heterocycles. The number of fused-ring (bicyclic) bond motifs is 1. The second-order valence-electron chi connectivity index (χ2n) is 10.8. The zero-order valence-electron chi connectivity index (χ0n) is 24.1. The van der Waals surface area contributed by atoms with Gasteiger partial charge < -0.3 is 29.2 Å². The summed E-state index contributed by atoms with van der Waals surface area (Å²) in [7, 11) is 3.45. The monoisotopic (exact) mass is 550 g/mol. The lowest BCUT2D eigenvalue weighted by molar-refractivity contribution is 0.00111. The van der Waals surface area contributed by atoms with Crippen LogP contribution in [-0.4, -0.2) is 79.4 Å². The molecule has 0 aliphatic carbocycles. The van der Waals surface area contributed by atoms with Crippen molar-refractivity contribution in [2.45, 2.75) is 63.8 Å². The Kier molecular flexibility index (Phi) is 9.51. The highest BCUT2D eigenvalue weighted by Crippen LogP contribution is 2.36. The zero-order valence-corrected chi connectivity index (χ0v) is 24.1. The number of tetrazole rings is 1. The second kappa shape index (κ2) is 13.4. The lowest BCUT2D eigenvalue weighted by atomic mass is 9.82. The number of ether oxygens (including phenoxy) is 4. The summed E-state index contributed by atoms with van der Waals surface area (Å²) in [4.78, 5) is 4.11. The third-order valence-corrected chi connectivity index (χ3v) is 7.91. The van der Waals surface area contributed by atoms with Crippen LogP contribution in [0.25, 0.3) is 0 Å². The number of nitrogens with zero attached hydrogens (tertiary/aromatic N) is 5. The first kappa shape index (κ1) is 28.3. The summed E-state index contributed by atoms with van der Waals surface area (Å²) in [6, 6.07) is 15.3. The molecule has 2 aliphatic rings. The van der Waals surface area contributed by atoms with Crippen molar-refractivity contribution in [3.05, 3.63) is 59.4 Å². The van der Waals surface area contributed by atoms with Gasteiger partial charge in [0, 0.05) is 38.8 Å². The molecule has 0 spiro atoms. The highest BCUT2D eigenvalue weighted by molar-refractivity contribution is 5.61. The van der Waals surface area contributed by atoms with E-state index in [0.29, 0.717) is 25.1 Å². The van der Waals surface area contributed by atoms with Gasteiger partial charge in [0.1, 0.15) is 18.1 Å². The molecular formula is C30H42N6O4. The van der Waals surface area contributed by atoms with Crippen molar-refractivity contribution in [2.24, 2.45) is 0 Å². The smallest absolute Gasteiger partial charge is 0.171 e. The highest BCUT2D eigenvalue weighted by Gasteiger charge is 2.33. The van der Waals surface area contributed by atoms with Gasteiger partial charge in [-0.15, -0.1) is 10.2 Å². The van der Waals surface area contributed by atoms with E-state index in [1.165, 1.54) is 5.56 Å². The van der Waals surface area contributed by atoms with Crippen LogP contribution >= 0.6 is 0 Å². The number of hydrogen-bond donors (Lipinski definition) is 1. The van der Waals surface area contributed by atoms with Crippen LogP contribution in [0.4, 0.5) is 5.69 Å². The van der Waals surface area contributed by atoms with E-state index in [0.717, 1.165) is 68.3 Å². The number of hydrogen-bond acceptors (Lipinski definition) is 9. The molecule has 0 radical (unpaired) electrons. The van der Waals surface area contributed by atoms with Gasteiger partial charge in [-0.2, -0.15) is 4.80 Å². The molecule has 2 aliphatic heterocycles. The fourth-order valence-corrected chi connectivity index (χ4v) is 5.76. The maximum Gasteiger partial charge on any atom is 0.171 e. The molecule has 40 heavy (non-hydrogen) atoms. The molecule has 0 amide bonds. The van der Waals surface area contributed by atoms with Crippen molar-refractivity contribution in [2.75, 3.05) is 52.0 Å². The first-order valence-electron chi connectivity index (χ1n) is 14.3. The Morgan fingerprint density at radius 1 is 1.15 bits per heavy atom. The van der Waals surface area contributed by atoms with Gasteiger partial charge in [0.25, 0.3) is 0 Å². The van der Waals surface area contributed by atoms with E-state index in [4.69, 9.17) is 18.9 Å². The third-order valence-electron chi connectivity index (χ3n) is 7.91. The first-order valence-corrected chi connectivity index (χ1v) is 14.3. The Bertz CT molecular complexity index is 1220. The van der Waals surface area contributed by atoms with Crippen molar-refractivity contribution < 1.29 is 18.9 Å². The number of aryl methyl sites for hydroxylation is 1. The molecule has 10 heteroatoms. The fourth-order valence-electron chi connectivity index (χ4n) is 5.76. The zero-order chi connectivity index (χ0) is 27.9. The largest absolute Gasteiger partial charge is 0.497 e. The minimum absolute atomic E-state index is 0.0387. The van der Waals surface area contributed by atoms with Crippen LogP contribution in [0.5, 0.6) is 11.5 Å². The first-order chi connectivity index (χ1) is 19.5. The average molecular weight is 551 g/mol. The summed E-state index contributed by atoms with van der Waals surface area (Å²) in [6.07, 6.45) is 2.90. The minimum atomic E-state index is 0.0387. The van der Waals surface area contributed by atoms with Crippen molar-refractivity contribution in [1.29, 1.82) is 0 Å². The lowest BCUT2D eigenvalue weighted by Crippen LogP contribution is -2.47. The molecule has 1 fully saturated rings. The molecule has 0 bridgehead atoms. The number of piperidine rings is 1. The molecule has 2 aromatic carbocycles. The summed E-state index contributed by atoms with van der Waals surface area (Å²) in [6.45, 7) is 8.62. The van der Waals surface area contributed by atoms with Crippen LogP contribution in [0.15, 0.2) is 42.5 Å². The summed E-state index contributed by atoms with van der Waals surface area (Å²) in [5.74, 6) is 2.75. The van der Waals surface area contributed by atoms with E-state index in [-0.39, 0.29) is 18.1 Å². The Hall–Kier alpha value is -3.21. The fraction of sp³-hybridized carbons (Fsp3) is 0.567. The normalized spacial score (nSPS) is 21.5. The van der Waals surface area contributed by atoms with E-state index in [1.54, 1.807) is 19.0 Å². The van der Waals surface area contributed by atoms with Gasteiger partial charge in [-0.05, 0) is 73.7 Å². The molecule has 1 N–H and O–H groups in total. The van der Waals surface area contributed by atoms with Crippen LogP contribution in [0.3, 0.4) is 0 Å². The highest BCUT2D eigenvalue weighted by atomic mass is 16.5. The van der Waals surface area contributed by atoms with Gasteiger partial charge in [0.2, 0.25) is 0 Å². The van der Waals surface area contributed by atoms with Crippen molar-refractivity contribution >= 4 is 5.69 Å². The van der Waals surface area contributed by atoms with Crippen LogP contribution in [-0.2, 0) is 16.1 Å². The van der Waals surface area contributed by atoms with Crippen molar-refractivity contribution in [3.63, 3.8) is 0 Å². The lowest BCUT2D eigenvalue weighted by Gasteiger charge is -2.38. The Morgan fingerprint density at radius 2 is 2.00 bits per heavy atom. The standard InChI is InChI=1S/C30H42N6O4/c1-21(36-33-22(2)32-34-36)16-25-18-27(24-7-9-26(38-4)10-8-24)30(19-31-25)40-20-23-6-11-29-28(17-23)35(13-15-39-29)12-5-14-37-3/h6-11,17,21,25,27,30-31H,5,12-16,18-20H2,1-4H3/t21?,25-,27+,30-/m0/s1. The van der Waals surface area contributed by atoms with Crippen LogP contribution in [0.2, 0.25) is 0 Å². The van der Waals surface area contributed by atoms with E-state index in [1.807, 2.05) is 19.1 Å². The number of anilines is 1. The predicted molar refractivity (Wildman–Crippen MR) is 153 cm³/mol. The van der Waals surface area contributed by atoms with E-state index < -0.39 is 0 Å². The van der Waals surface area contributed by atoms with Crippen LogP contribution in [0, 0.1) is 6.92 Å². The molecule has 1 saturated heterocycles. The number of benzene rings is 2. The predicted octanol–water partition coefficient (Wildman–Crippen LogP) is 3.91. The molecule has 1 aromatic heterocycles. The molecule has 0 saturated carbocycles. The number of nitrogens with one attached hydrogen (secondary N) is 1. The number of aromatic nitrogens is 4. The molecular weight excluding hydrogens is 508 g/mol. The maximum absolute atomic E-state index is 6.65. The Labute approximate surface area is 236 Å². The minimum Gasteiger partial charge on any atom is -0.497 e. The third kappa shape index (κ3) is 6.92. The quantitative estimate of drug-likeness (QED) is 0.337. The summed E-state index contributed by atoms with van der Waals surface area (Å²) >= 11 is 0. The topological polar surface area (TPSA) is 95.8 Å². The van der Waals surface area contributed by atoms with Crippen LogP contribution < -0.4 is 19.7 Å². The van der Waals surface area contributed by atoms with Gasteiger partial charge in [-0.25, -0.2) is 0 Å². The average Bonchev–Trinajstić information content (AvgIpc) is 3.43. The molecule has 4 atom stereocenters. The van der Waals surface area contributed by atoms with E-state index >= 15 is 0 Å². The maximum atomic E-state index is 6.65. The van der Waals surface area contributed by atoms with Crippen LogP contribution in [0.1, 0.15) is 55.1 Å². The Balaban J connectivity index is 1.27. The molecule has 10 nitrogen and oxygen atoms in total. The number of rotatable bonds is 12. The molecule has 216 valence electrons. The molecule has 1 unspecified atom stereocenters. The summed E-state index contributed by atoms with van der Waals surface area (Å²) in [5, 5.41) is 16.4. The summed E-state index contributed by atoms with van der Waals surface area (Å²) in [5.41, 5.74) is 3.56. The molecule has 5 rings (SSSR count). The molecule has 3 aromatic rings. The van der Waals surface area contributed by atoms with Gasteiger partial charge in [0.15, 0.2) is 5.82 Å². The van der Waals surface area contributed by atoms with Crippen molar-refractivity contribution in [3.8, 4) is 11.5 Å². The van der Waals surface area contributed by atoms with Gasteiger partial charge in [0.05, 0.1) is 38.1 Å². The second-order valence-corrected chi connectivity index (χ2v) is 10.8. The van der Waals surface area contributed by atoms with Gasteiger partial charge in [-0.1, -0.05) is 18.2 Å². The van der Waals surface area contributed by atoms with E-state index in [9.17, 15) is 0 Å². The van der Waals surface area contributed by atoms with Crippen molar-refractivity contribution in [1.82, 2.24) is 25.5 Å². The van der Waals surface area contributed by atoms with Gasteiger partial charge >= 0.3 is 0 Å². The summed E-state index contributed by atoms with van der Waals surface area (Å²) < 4.78 is 23.2.